The molecule has 1 heterocycles. The zero-order chi connectivity index (χ0) is 13.4. The lowest BCUT2D eigenvalue weighted by molar-refractivity contribution is 0.471. The van der Waals surface area contributed by atoms with Crippen molar-refractivity contribution in [3.05, 3.63) is 44.7 Å². The van der Waals surface area contributed by atoms with Crippen LogP contribution in [-0.2, 0) is 0 Å². The van der Waals surface area contributed by atoms with E-state index >= 15 is 0 Å². The maximum atomic E-state index is 13.7. The minimum atomic E-state index is -0.864. The number of nitrogen functional groups attached to an aromatic ring is 1. The zero-order valence-corrected chi connectivity index (χ0v) is 12.1. The predicted molar refractivity (Wildman–Crippen MR) is 74.3 cm³/mol. The van der Waals surface area contributed by atoms with Crippen LogP contribution in [0.3, 0.4) is 0 Å². The molecule has 2 N–H and O–H groups in total. The quantitative estimate of drug-likeness (QED) is 0.833. The summed E-state index contributed by atoms with van der Waals surface area (Å²) in [6.45, 7) is 3.56. The number of anilines is 1. The zero-order valence-electron chi connectivity index (χ0n) is 9.92. The molecule has 0 bridgehead atoms. The van der Waals surface area contributed by atoms with Crippen molar-refractivity contribution in [1.82, 2.24) is 9.78 Å². The summed E-state index contributed by atoms with van der Waals surface area (Å²) in [7, 11) is 0. The fourth-order valence-corrected chi connectivity index (χ4v) is 2.17. The van der Waals surface area contributed by atoms with E-state index in [9.17, 15) is 8.78 Å². The van der Waals surface area contributed by atoms with E-state index in [0.29, 0.717) is 5.82 Å². The highest BCUT2D eigenvalue weighted by atomic mass is 127. The lowest BCUT2D eigenvalue weighted by Gasteiger charge is -2.15. The Labute approximate surface area is 117 Å². The molecule has 96 valence electrons. The minimum absolute atomic E-state index is 0.237. The molecule has 2 rings (SSSR count). The number of hydrogen-bond donors (Lipinski definition) is 1. The molecule has 0 aliphatic rings. The summed E-state index contributed by atoms with van der Waals surface area (Å²) in [5, 5.41) is 4.25. The highest BCUT2D eigenvalue weighted by molar-refractivity contribution is 14.1. The number of aryl methyl sites for hydroxylation is 1. The van der Waals surface area contributed by atoms with Crippen LogP contribution in [0.1, 0.15) is 24.2 Å². The van der Waals surface area contributed by atoms with E-state index in [1.54, 1.807) is 6.92 Å². The Balaban J connectivity index is 2.51. The Morgan fingerprint density at radius 1 is 1.39 bits per heavy atom. The molecular weight excluding hydrogens is 351 g/mol. The standard InChI is InChI=1S/C12H12F2IN3/c1-6-11(15)12(16)18(17-6)7(2)8-4-3-5-9(13)10(8)14/h3-5,7H,16H2,1-2H3. The van der Waals surface area contributed by atoms with Crippen LogP contribution in [0.15, 0.2) is 18.2 Å². The second-order valence-electron chi connectivity index (χ2n) is 4.05. The van der Waals surface area contributed by atoms with Gasteiger partial charge in [-0.15, -0.1) is 0 Å². The third kappa shape index (κ3) is 2.09. The van der Waals surface area contributed by atoms with Crippen molar-refractivity contribution in [2.45, 2.75) is 19.9 Å². The van der Waals surface area contributed by atoms with Crippen molar-refractivity contribution in [3.8, 4) is 0 Å². The number of halogens is 3. The molecule has 1 aromatic carbocycles. The van der Waals surface area contributed by atoms with E-state index in [1.807, 2.05) is 6.92 Å². The highest BCUT2D eigenvalue weighted by Gasteiger charge is 2.20. The first kappa shape index (κ1) is 13.3. The van der Waals surface area contributed by atoms with E-state index in [1.165, 1.54) is 16.8 Å². The maximum absolute atomic E-state index is 13.7. The van der Waals surface area contributed by atoms with Gasteiger partial charge in [0.25, 0.3) is 0 Å². The van der Waals surface area contributed by atoms with Crippen LogP contribution in [0.25, 0.3) is 0 Å². The molecule has 1 aromatic heterocycles. The molecule has 0 spiro atoms. The van der Waals surface area contributed by atoms with E-state index in [0.717, 1.165) is 15.3 Å². The molecule has 0 amide bonds. The molecule has 0 radical (unpaired) electrons. The molecule has 0 saturated carbocycles. The molecule has 0 fully saturated rings. The first-order valence-electron chi connectivity index (χ1n) is 5.37. The normalized spacial score (nSPS) is 12.7. The van der Waals surface area contributed by atoms with Gasteiger partial charge in [-0.2, -0.15) is 5.10 Å². The summed E-state index contributed by atoms with van der Waals surface area (Å²) in [4.78, 5) is 0. The van der Waals surface area contributed by atoms with Crippen molar-refractivity contribution in [1.29, 1.82) is 0 Å². The van der Waals surface area contributed by atoms with Crippen LogP contribution in [-0.4, -0.2) is 9.78 Å². The van der Waals surface area contributed by atoms with Crippen LogP contribution in [0, 0.1) is 22.1 Å². The second-order valence-corrected chi connectivity index (χ2v) is 5.13. The number of aromatic nitrogens is 2. The van der Waals surface area contributed by atoms with Crippen molar-refractivity contribution in [2.24, 2.45) is 0 Å². The minimum Gasteiger partial charge on any atom is -0.383 e. The van der Waals surface area contributed by atoms with Gasteiger partial charge in [-0.05, 0) is 42.5 Å². The topological polar surface area (TPSA) is 43.8 Å². The third-order valence-corrected chi connectivity index (χ3v) is 4.18. The molecule has 6 heteroatoms. The Kier molecular flexibility index (Phi) is 3.56. The maximum Gasteiger partial charge on any atom is 0.164 e. The van der Waals surface area contributed by atoms with Crippen molar-refractivity contribution in [3.63, 3.8) is 0 Å². The van der Waals surface area contributed by atoms with Gasteiger partial charge in [0.2, 0.25) is 0 Å². The number of rotatable bonds is 2. The van der Waals surface area contributed by atoms with Gasteiger partial charge < -0.3 is 5.73 Å². The Hall–Kier alpha value is -1.18. The molecule has 1 unspecified atom stereocenters. The lowest BCUT2D eigenvalue weighted by Crippen LogP contribution is -2.13. The van der Waals surface area contributed by atoms with Crippen molar-refractivity contribution in [2.75, 3.05) is 5.73 Å². The number of nitrogens with zero attached hydrogens (tertiary/aromatic N) is 2. The van der Waals surface area contributed by atoms with Crippen LogP contribution >= 0.6 is 22.6 Å². The van der Waals surface area contributed by atoms with E-state index in [2.05, 4.69) is 27.7 Å². The summed E-state index contributed by atoms with van der Waals surface area (Å²) in [6.07, 6.45) is 0. The van der Waals surface area contributed by atoms with Gasteiger partial charge in [-0.3, -0.25) is 0 Å². The Morgan fingerprint density at radius 3 is 2.61 bits per heavy atom. The predicted octanol–water partition coefficient (Wildman–Crippen LogP) is 3.27. The molecule has 0 aliphatic carbocycles. The van der Waals surface area contributed by atoms with E-state index in [4.69, 9.17) is 5.73 Å². The van der Waals surface area contributed by atoms with E-state index < -0.39 is 17.7 Å². The number of nitrogens with two attached hydrogens (primary N) is 1. The monoisotopic (exact) mass is 363 g/mol. The first-order chi connectivity index (χ1) is 8.43. The van der Waals surface area contributed by atoms with Gasteiger partial charge in [0.1, 0.15) is 5.82 Å². The lowest BCUT2D eigenvalue weighted by atomic mass is 10.1. The molecule has 0 aliphatic heterocycles. The van der Waals surface area contributed by atoms with Crippen LogP contribution < -0.4 is 5.73 Å². The fraction of sp³-hybridized carbons (Fsp3) is 0.250. The first-order valence-corrected chi connectivity index (χ1v) is 6.45. The highest BCUT2D eigenvalue weighted by Crippen LogP contribution is 2.27. The number of hydrogen-bond acceptors (Lipinski definition) is 2. The number of benzene rings is 1. The van der Waals surface area contributed by atoms with Gasteiger partial charge in [0, 0.05) is 5.56 Å². The van der Waals surface area contributed by atoms with Crippen LogP contribution in [0.5, 0.6) is 0 Å². The van der Waals surface area contributed by atoms with Crippen LogP contribution in [0.4, 0.5) is 14.6 Å². The fourth-order valence-electron chi connectivity index (χ4n) is 1.82. The molecular formula is C12H12F2IN3. The molecule has 3 nitrogen and oxygen atoms in total. The van der Waals surface area contributed by atoms with Crippen LogP contribution in [0.2, 0.25) is 0 Å². The molecule has 2 aromatic rings. The summed E-state index contributed by atoms with van der Waals surface area (Å²) >= 11 is 2.08. The summed E-state index contributed by atoms with van der Waals surface area (Å²) in [5.41, 5.74) is 6.92. The second kappa shape index (κ2) is 4.83. The summed E-state index contributed by atoms with van der Waals surface area (Å²) in [5.74, 6) is -1.26. The average molecular weight is 363 g/mol. The van der Waals surface area contributed by atoms with E-state index in [-0.39, 0.29) is 5.56 Å². The molecule has 18 heavy (non-hydrogen) atoms. The van der Waals surface area contributed by atoms with Gasteiger partial charge in [0.05, 0.1) is 15.3 Å². The SMILES string of the molecule is Cc1nn(C(C)c2cccc(F)c2F)c(N)c1I. The van der Waals surface area contributed by atoms with Gasteiger partial charge >= 0.3 is 0 Å². The molecule has 1 atom stereocenters. The molecule has 0 saturated heterocycles. The van der Waals surface area contributed by atoms with Crippen molar-refractivity contribution >= 4 is 28.4 Å². The Morgan fingerprint density at radius 2 is 2.06 bits per heavy atom. The Bertz CT molecular complexity index is 595. The van der Waals surface area contributed by atoms with Gasteiger partial charge in [0.15, 0.2) is 11.6 Å². The largest absolute Gasteiger partial charge is 0.383 e. The van der Waals surface area contributed by atoms with Gasteiger partial charge in [-0.1, -0.05) is 12.1 Å². The summed E-state index contributed by atoms with van der Waals surface area (Å²) in [6, 6.07) is 3.64. The van der Waals surface area contributed by atoms with Crippen molar-refractivity contribution < 1.29 is 8.78 Å². The average Bonchev–Trinajstić information content (AvgIpc) is 2.60. The van der Waals surface area contributed by atoms with Gasteiger partial charge in [-0.25, -0.2) is 13.5 Å². The third-order valence-electron chi connectivity index (χ3n) is 2.85. The summed E-state index contributed by atoms with van der Waals surface area (Å²) < 4.78 is 29.3. The smallest absolute Gasteiger partial charge is 0.164 e.